The van der Waals surface area contributed by atoms with Gasteiger partial charge in [-0.05, 0) is 30.8 Å². The first-order chi connectivity index (χ1) is 9.63. The molecule has 1 N–H and O–H groups in total. The van der Waals surface area contributed by atoms with Gasteiger partial charge in [0.1, 0.15) is 5.75 Å². The first-order valence-corrected chi connectivity index (χ1v) is 6.26. The molecule has 1 aromatic heterocycles. The number of aliphatic carboxylic acids is 1. The highest BCUT2D eigenvalue weighted by Gasteiger charge is 2.04. The lowest BCUT2D eigenvalue weighted by molar-refractivity contribution is -0.139. The predicted molar refractivity (Wildman–Crippen MR) is 73.5 cm³/mol. The highest BCUT2D eigenvalue weighted by Crippen LogP contribution is 2.14. The lowest BCUT2D eigenvalue weighted by Crippen LogP contribution is -2.16. The fourth-order valence-corrected chi connectivity index (χ4v) is 1.90. The SMILES string of the molecule is CN(Cc1ccc(OCC(=O)O)cc1)Cc1ccoc1. The van der Waals surface area contributed by atoms with E-state index in [1.807, 2.05) is 25.2 Å². The molecule has 0 bridgehead atoms. The van der Waals surface area contributed by atoms with Crippen molar-refractivity contribution in [2.75, 3.05) is 13.7 Å². The smallest absolute Gasteiger partial charge is 0.341 e. The van der Waals surface area contributed by atoms with Gasteiger partial charge in [0, 0.05) is 18.7 Å². The van der Waals surface area contributed by atoms with Crippen LogP contribution in [0.4, 0.5) is 0 Å². The maximum atomic E-state index is 10.4. The second-order valence-electron chi connectivity index (χ2n) is 4.63. The highest BCUT2D eigenvalue weighted by atomic mass is 16.5. The molecule has 0 saturated heterocycles. The molecule has 106 valence electrons. The predicted octanol–water partition coefficient (Wildman–Crippen LogP) is 2.38. The summed E-state index contributed by atoms with van der Waals surface area (Å²) < 4.78 is 10.1. The van der Waals surface area contributed by atoms with Gasteiger partial charge in [0.05, 0.1) is 12.5 Å². The third kappa shape index (κ3) is 4.44. The zero-order valence-corrected chi connectivity index (χ0v) is 11.3. The van der Waals surface area contributed by atoms with Gasteiger partial charge in [0.2, 0.25) is 0 Å². The summed E-state index contributed by atoms with van der Waals surface area (Å²) in [6.07, 6.45) is 3.40. The molecule has 0 fully saturated rings. The van der Waals surface area contributed by atoms with E-state index in [9.17, 15) is 4.79 Å². The molecule has 2 aromatic rings. The number of carboxylic acid groups (broad SMARTS) is 1. The van der Waals surface area contributed by atoms with Crippen molar-refractivity contribution in [2.45, 2.75) is 13.1 Å². The number of nitrogens with zero attached hydrogens (tertiary/aromatic N) is 1. The standard InChI is InChI=1S/C15H17NO4/c1-16(9-13-6-7-19-10-13)8-12-2-4-14(5-3-12)20-11-15(17)18/h2-7,10H,8-9,11H2,1H3,(H,17,18). The van der Waals surface area contributed by atoms with Crippen molar-refractivity contribution >= 4 is 5.97 Å². The molecule has 5 nitrogen and oxygen atoms in total. The third-order valence-corrected chi connectivity index (χ3v) is 2.77. The van der Waals surface area contributed by atoms with Crippen molar-refractivity contribution in [3.63, 3.8) is 0 Å². The Hall–Kier alpha value is -2.27. The van der Waals surface area contributed by atoms with Crippen molar-refractivity contribution in [1.82, 2.24) is 4.90 Å². The minimum atomic E-state index is -0.978. The lowest BCUT2D eigenvalue weighted by Gasteiger charge is -2.15. The summed E-state index contributed by atoms with van der Waals surface area (Å²) in [6.45, 7) is 1.29. The van der Waals surface area contributed by atoms with Crippen molar-refractivity contribution < 1.29 is 19.1 Å². The number of hydrogen-bond donors (Lipinski definition) is 1. The minimum absolute atomic E-state index is 0.320. The van der Waals surface area contributed by atoms with Crippen molar-refractivity contribution in [2.24, 2.45) is 0 Å². The molecular formula is C15H17NO4. The quantitative estimate of drug-likeness (QED) is 0.840. The Labute approximate surface area is 117 Å². The molecule has 0 spiro atoms. The van der Waals surface area contributed by atoms with Crippen LogP contribution in [0.2, 0.25) is 0 Å². The molecule has 2 rings (SSSR count). The Morgan fingerprint density at radius 3 is 2.50 bits per heavy atom. The lowest BCUT2D eigenvalue weighted by atomic mass is 10.2. The van der Waals surface area contributed by atoms with E-state index >= 15 is 0 Å². The Bertz CT molecular complexity index is 534. The van der Waals surface area contributed by atoms with Crippen LogP contribution in [0.1, 0.15) is 11.1 Å². The van der Waals surface area contributed by atoms with Gasteiger partial charge in [-0.15, -0.1) is 0 Å². The normalized spacial score (nSPS) is 10.7. The molecule has 0 radical (unpaired) electrons. The second-order valence-corrected chi connectivity index (χ2v) is 4.63. The summed E-state index contributed by atoms with van der Waals surface area (Å²) in [5.74, 6) is -0.414. The van der Waals surface area contributed by atoms with Gasteiger partial charge in [-0.25, -0.2) is 4.79 Å². The van der Waals surface area contributed by atoms with E-state index in [1.165, 1.54) is 0 Å². The van der Waals surface area contributed by atoms with Gasteiger partial charge < -0.3 is 14.3 Å². The molecule has 0 aliphatic heterocycles. The topological polar surface area (TPSA) is 62.9 Å². The van der Waals surface area contributed by atoms with E-state index in [0.29, 0.717) is 5.75 Å². The number of carboxylic acids is 1. The van der Waals surface area contributed by atoms with Crippen LogP contribution in [-0.4, -0.2) is 29.6 Å². The monoisotopic (exact) mass is 275 g/mol. The molecule has 0 atom stereocenters. The van der Waals surface area contributed by atoms with Gasteiger partial charge >= 0.3 is 5.97 Å². The average molecular weight is 275 g/mol. The van der Waals surface area contributed by atoms with Crippen LogP contribution in [0.25, 0.3) is 0 Å². The molecular weight excluding hydrogens is 258 g/mol. The van der Waals surface area contributed by atoms with Crippen molar-refractivity contribution in [3.8, 4) is 5.75 Å². The molecule has 0 aliphatic rings. The largest absolute Gasteiger partial charge is 0.482 e. The van der Waals surface area contributed by atoms with Crippen LogP contribution < -0.4 is 4.74 Å². The molecule has 0 amide bonds. The molecule has 5 heteroatoms. The van der Waals surface area contributed by atoms with Gasteiger partial charge in [-0.3, -0.25) is 4.90 Å². The maximum Gasteiger partial charge on any atom is 0.341 e. The molecule has 1 heterocycles. The summed E-state index contributed by atoms with van der Waals surface area (Å²) in [7, 11) is 2.03. The molecule has 20 heavy (non-hydrogen) atoms. The Balaban J connectivity index is 1.85. The summed E-state index contributed by atoms with van der Waals surface area (Å²) in [6, 6.07) is 9.37. The van der Waals surface area contributed by atoms with Crippen LogP contribution in [0.5, 0.6) is 5.75 Å². The van der Waals surface area contributed by atoms with Gasteiger partial charge in [-0.2, -0.15) is 0 Å². The van der Waals surface area contributed by atoms with Crippen LogP contribution in [0.3, 0.4) is 0 Å². The van der Waals surface area contributed by atoms with Gasteiger partial charge in [-0.1, -0.05) is 12.1 Å². The van der Waals surface area contributed by atoms with E-state index in [1.54, 1.807) is 24.7 Å². The summed E-state index contributed by atoms with van der Waals surface area (Å²) in [5.41, 5.74) is 2.27. The summed E-state index contributed by atoms with van der Waals surface area (Å²) in [5, 5.41) is 8.53. The van der Waals surface area contributed by atoms with Crippen molar-refractivity contribution in [3.05, 3.63) is 54.0 Å². The highest BCUT2D eigenvalue weighted by molar-refractivity contribution is 5.68. The van der Waals surface area contributed by atoms with E-state index in [0.717, 1.165) is 24.2 Å². The van der Waals surface area contributed by atoms with Gasteiger partial charge in [0.15, 0.2) is 6.61 Å². The Kier molecular flexibility index (Phi) is 4.79. The zero-order valence-electron chi connectivity index (χ0n) is 11.3. The van der Waals surface area contributed by atoms with Crippen molar-refractivity contribution in [1.29, 1.82) is 0 Å². The van der Waals surface area contributed by atoms with Crippen LogP contribution in [0.15, 0.2) is 47.3 Å². The molecule has 0 aliphatic carbocycles. The first-order valence-electron chi connectivity index (χ1n) is 6.26. The van der Waals surface area contributed by atoms with E-state index in [-0.39, 0.29) is 6.61 Å². The molecule has 0 saturated carbocycles. The van der Waals surface area contributed by atoms with E-state index < -0.39 is 5.97 Å². The van der Waals surface area contributed by atoms with E-state index in [4.69, 9.17) is 14.3 Å². The number of furan rings is 1. The fraction of sp³-hybridized carbons (Fsp3) is 0.267. The number of benzene rings is 1. The summed E-state index contributed by atoms with van der Waals surface area (Å²) >= 11 is 0. The van der Waals surface area contributed by atoms with E-state index in [2.05, 4.69) is 4.90 Å². The van der Waals surface area contributed by atoms with Crippen LogP contribution >= 0.6 is 0 Å². The first kappa shape index (κ1) is 14.1. The molecule has 1 aromatic carbocycles. The van der Waals surface area contributed by atoms with Crippen LogP contribution in [-0.2, 0) is 17.9 Å². The molecule has 0 unspecified atom stereocenters. The Morgan fingerprint density at radius 2 is 1.90 bits per heavy atom. The van der Waals surface area contributed by atoms with Crippen LogP contribution in [0, 0.1) is 0 Å². The Morgan fingerprint density at radius 1 is 1.20 bits per heavy atom. The number of ether oxygens (including phenoxy) is 1. The summed E-state index contributed by atoms with van der Waals surface area (Å²) in [4.78, 5) is 12.6. The zero-order chi connectivity index (χ0) is 14.4. The number of rotatable bonds is 7. The number of carbonyl (C=O) groups is 1. The second kappa shape index (κ2) is 6.77. The average Bonchev–Trinajstić information content (AvgIpc) is 2.90. The third-order valence-electron chi connectivity index (χ3n) is 2.77. The number of hydrogen-bond acceptors (Lipinski definition) is 4. The minimum Gasteiger partial charge on any atom is -0.482 e. The van der Waals surface area contributed by atoms with Gasteiger partial charge in [0.25, 0.3) is 0 Å². The maximum absolute atomic E-state index is 10.4. The fourth-order valence-electron chi connectivity index (χ4n) is 1.90.